The third-order valence-corrected chi connectivity index (χ3v) is 7.99. The van der Waals surface area contributed by atoms with Gasteiger partial charge in [0.15, 0.2) is 11.5 Å². The normalized spacial score (nSPS) is 11.8. The van der Waals surface area contributed by atoms with Gasteiger partial charge in [0, 0.05) is 0 Å². The minimum atomic E-state index is -1.06. The summed E-state index contributed by atoms with van der Waals surface area (Å²) in [4.78, 5) is 28.8. The van der Waals surface area contributed by atoms with Gasteiger partial charge in [-0.05, 0) is 46.9 Å². The molecule has 0 bridgehead atoms. The van der Waals surface area contributed by atoms with Crippen molar-refractivity contribution in [1.29, 1.82) is 0 Å². The van der Waals surface area contributed by atoms with Crippen molar-refractivity contribution in [1.82, 2.24) is 10.6 Å². The molecule has 0 radical (unpaired) electrons. The van der Waals surface area contributed by atoms with E-state index in [0.717, 1.165) is 22.3 Å². The standard InChI is InChI=1S/C38H36N2O4/c1-38(30-20-12-6-13-21-30,31-22-14-7-15-23-31)37(42)40-35(29-24-25-32(43-2)33(26-29)44-3)39-36(41)34(27-16-8-4-9-17-27)28-18-10-5-11-19-28/h4-26,34-35H,1-3H3,(H,39,41)(H,40,42)/t35-/m0/s1. The summed E-state index contributed by atoms with van der Waals surface area (Å²) >= 11 is 0. The predicted octanol–water partition coefficient (Wildman–Crippen LogP) is 6.77. The minimum Gasteiger partial charge on any atom is -0.493 e. The highest BCUT2D eigenvalue weighted by Gasteiger charge is 2.39. The number of methoxy groups -OCH3 is 2. The molecule has 0 aliphatic carbocycles. The number of carbonyl (C=O) groups excluding carboxylic acids is 2. The minimum absolute atomic E-state index is 0.261. The van der Waals surface area contributed by atoms with Crippen LogP contribution in [0.4, 0.5) is 0 Å². The Hall–Kier alpha value is -5.36. The number of hydrogen-bond donors (Lipinski definition) is 2. The van der Waals surface area contributed by atoms with E-state index in [4.69, 9.17) is 9.47 Å². The van der Waals surface area contributed by atoms with Crippen molar-refractivity contribution in [2.24, 2.45) is 0 Å². The molecule has 0 heterocycles. The number of amides is 2. The molecule has 6 nitrogen and oxygen atoms in total. The molecule has 0 saturated heterocycles. The van der Waals surface area contributed by atoms with E-state index in [1.54, 1.807) is 26.4 Å². The number of hydrogen-bond acceptors (Lipinski definition) is 4. The van der Waals surface area contributed by atoms with Gasteiger partial charge in [0.25, 0.3) is 0 Å². The number of carbonyl (C=O) groups is 2. The molecular weight excluding hydrogens is 548 g/mol. The van der Waals surface area contributed by atoms with E-state index in [1.165, 1.54) is 0 Å². The Morgan fingerprint density at radius 1 is 0.568 bits per heavy atom. The lowest BCUT2D eigenvalue weighted by Crippen LogP contribution is -2.49. The lowest BCUT2D eigenvalue weighted by Gasteiger charge is -2.33. The largest absolute Gasteiger partial charge is 0.493 e. The molecule has 0 saturated carbocycles. The Labute approximate surface area is 258 Å². The highest BCUT2D eigenvalue weighted by Crippen LogP contribution is 2.35. The first-order chi connectivity index (χ1) is 21.5. The van der Waals surface area contributed by atoms with Crippen molar-refractivity contribution >= 4 is 11.8 Å². The fourth-order valence-corrected chi connectivity index (χ4v) is 5.49. The molecule has 0 aliphatic rings. The molecule has 5 aromatic rings. The summed E-state index contributed by atoms with van der Waals surface area (Å²) < 4.78 is 11.0. The zero-order valence-electron chi connectivity index (χ0n) is 25.1. The maximum atomic E-state index is 14.5. The van der Waals surface area contributed by atoms with E-state index in [2.05, 4.69) is 10.6 Å². The van der Waals surface area contributed by atoms with E-state index in [0.29, 0.717) is 17.1 Å². The first-order valence-corrected chi connectivity index (χ1v) is 14.5. The Balaban J connectivity index is 1.57. The Bertz CT molecular complexity index is 1600. The quantitative estimate of drug-likeness (QED) is 0.168. The van der Waals surface area contributed by atoms with Crippen LogP contribution in [0.25, 0.3) is 0 Å². The molecule has 1 atom stereocenters. The van der Waals surface area contributed by atoms with Gasteiger partial charge in [0.2, 0.25) is 11.8 Å². The van der Waals surface area contributed by atoms with Crippen LogP contribution >= 0.6 is 0 Å². The van der Waals surface area contributed by atoms with Crippen LogP contribution in [0, 0.1) is 0 Å². The molecule has 44 heavy (non-hydrogen) atoms. The fourth-order valence-electron chi connectivity index (χ4n) is 5.49. The molecule has 0 unspecified atom stereocenters. The molecule has 0 fully saturated rings. The van der Waals surface area contributed by atoms with Crippen LogP contribution in [0.3, 0.4) is 0 Å². The lowest BCUT2D eigenvalue weighted by atomic mass is 9.75. The summed E-state index contributed by atoms with van der Waals surface area (Å²) in [6.45, 7) is 1.90. The van der Waals surface area contributed by atoms with Gasteiger partial charge in [-0.15, -0.1) is 0 Å². The first-order valence-electron chi connectivity index (χ1n) is 14.5. The van der Waals surface area contributed by atoms with Crippen LogP contribution in [0.1, 0.15) is 46.8 Å². The number of nitrogens with one attached hydrogen (secondary N) is 2. The molecule has 0 spiro atoms. The molecule has 222 valence electrons. The second-order valence-electron chi connectivity index (χ2n) is 10.6. The zero-order valence-corrected chi connectivity index (χ0v) is 25.1. The monoisotopic (exact) mass is 584 g/mol. The van der Waals surface area contributed by atoms with E-state index < -0.39 is 17.5 Å². The van der Waals surface area contributed by atoms with Gasteiger partial charge < -0.3 is 20.1 Å². The maximum absolute atomic E-state index is 14.5. The van der Waals surface area contributed by atoms with E-state index in [9.17, 15) is 9.59 Å². The van der Waals surface area contributed by atoms with Gasteiger partial charge in [0.1, 0.15) is 6.17 Å². The predicted molar refractivity (Wildman–Crippen MR) is 173 cm³/mol. The maximum Gasteiger partial charge on any atom is 0.236 e. The SMILES string of the molecule is COc1ccc([C@@H](NC(=O)C(c2ccccc2)c2ccccc2)NC(=O)C(C)(c2ccccc2)c2ccccc2)cc1OC. The van der Waals surface area contributed by atoms with Crippen LogP contribution in [-0.2, 0) is 15.0 Å². The molecule has 5 aromatic carbocycles. The van der Waals surface area contributed by atoms with Gasteiger partial charge in [0.05, 0.1) is 25.6 Å². The van der Waals surface area contributed by atoms with Crippen LogP contribution in [0.2, 0.25) is 0 Å². The summed E-state index contributed by atoms with van der Waals surface area (Å²) in [5, 5.41) is 6.34. The van der Waals surface area contributed by atoms with E-state index in [-0.39, 0.29) is 11.8 Å². The van der Waals surface area contributed by atoms with Crippen molar-refractivity contribution < 1.29 is 19.1 Å². The summed E-state index contributed by atoms with van der Waals surface area (Å²) in [5.74, 6) is -0.117. The van der Waals surface area contributed by atoms with Gasteiger partial charge in [-0.25, -0.2) is 0 Å². The molecular formula is C38H36N2O4. The third-order valence-electron chi connectivity index (χ3n) is 7.99. The summed E-state index contributed by atoms with van der Waals surface area (Å²) in [7, 11) is 3.12. The van der Waals surface area contributed by atoms with Crippen LogP contribution in [-0.4, -0.2) is 26.0 Å². The lowest BCUT2D eigenvalue weighted by molar-refractivity contribution is -0.127. The van der Waals surface area contributed by atoms with Crippen molar-refractivity contribution in [3.8, 4) is 11.5 Å². The second-order valence-corrected chi connectivity index (χ2v) is 10.6. The smallest absolute Gasteiger partial charge is 0.236 e. The van der Waals surface area contributed by atoms with E-state index >= 15 is 0 Å². The zero-order chi connectivity index (χ0) is 30.9. The number of ether oxygens (including phenoxy) is 2. The summed E-state index contributed by atoms with van der Waals surface area (Å²) in [5.41, 5.74) is 2.91. The van der Waals surface area contributed by atoms with E-state index in [1.807, 2.05) is 134 Å². The van der Waals surface area contributed by atoms with Crippen molar-refractivity contribution in [3.63, 3.8) is 0 Å². The fraction of sp³-hybridized carbons (Fsp3) is 0.158. The molecule has 6 heteroatoms. The Kier molecular flexibility index (Phi) is 9.40. The Morgan fingerprint density at radius 3 is 1.48 bits per heavy atom. The molecule has 2 N–H and O–H groups in total. The van der Waals surface area contributed by atoms with Gasteiger partial charge in [-0.3, -0.25) is 9.59 Å². The van der Waals surface area contributed by atoms with Crippen LogP contribution < -0.4 is 20.1 Å². The Morgan fingerprint density at radius 2 is 1.02 bits per heavy atom. The number of benzene rings is 5. The van der Waals surface area contributed by atoms with Crippen molar-refractivity contribution in [2.45, 2.75) is 24.4 Å². The number of rotatable bonds is 11. The molecule has 2 amide bonds. The molecule has 5 rings (SSSR count). The van der Waals surface area contributed by atoms with Crippen LogP contribution in [0.15, 0.2) is 140 Å². The van der Waals surface area contributed by atoms with Gasteiger partial charge in [-0.2, -0.15) is 0 Å². The summed E-state index contributed by atoms with van der Waals surface area (Å²) in [6.07, 6.45) is -0.892. The first kappa shape index (κ1) is 30.1. The third kappa shape index (κ3) is 6.35. The summed E-state index contributed by atoms with van der Waals surface area (Å²) in [6, 6.07) is 43.9. The highest BCUT2D eigenvalue weighted by molar-refractivity contribution is 5.93. The second kappa shape index (κ2) is 13.7. The van der Waals surface area contributed by atoms with Crippen molar-refractivity contribution in [3.05, 3.63) is 167 Å². The van der Waals surface area contributed by atoms with Crippen LogP contribution in [0.5, 0.6) is 11.5 Å². The topological polar surface area (TPSA) is 76.7 Å². The van der Waals surface area contributed by atoms with Gasteiger partial charge >= 0.3 is 0 Å². The average molecular weight is 585 g/mol. The van der Waals surface area contributed by atoms with Gasteiger partial charge in [-0.1, -0.05) is 127 Å². The average Bonchev–Trinajstić information content (AvgIpc) is 3.09. The molecule has 0 aliphatic heterocycles. The molecule has 0 aromatic heterocycles. The van der Waals surface area contributed by atoms with Crippen molar-refractivity contribution in [2.75, 3.05) is 14.2 Å². The highest BCUT2D eigenvalue weighted by atomic mass is 16.5.